The Bertz CT molecular complexity index is 1460. The molecule has 0 amide bonds. The summed E-state index contributed by atoms with van der Waals surface area (Å²) in [5.41, 5.74) is 0. The van der Waals surface area contributed by atoms with E-state index in [9.17, 15) is 14.4 Å². The smallest absolute Gasteiger partial charge is 0.309 e. The molecule has 478 valence electrons. The Morgan fingerprint density at radius 1 is 0.256 bits per heavy atom. The molecule has 0 aromatic heterocycles. The van der Waals surface area contributed by atoms with Crippen molar-refractivity contribution < 1.29 is 28.6 Å². The molecule has 0 bridgehead atoms. The van der Waals surface area contributed by atoms with Crippen molar-refractivity contribution in [2.45, 2.75) is 393 Å². The monoisotopic (exact) mass is 1150 g/mol. The summed E-state index contributed by atoms with van der Waals surface area (Å²) in [6, 6.07) is 0. The van der Waals surface area contributed by atoms with Gasteiger partial charge in [0.25, 0.3) is 0 Å². The first-order valence-electron chi connectivity index (χ1n) is 36.3. The summed E-state index contributed by atoms with van der Waals surface area (Å²) < 4.78 is 16.9. The van der Waals surface area contributed by atoms with Crippen LogP contribution in [0, 0.1) is 0 Å². The minimum atomic E-state index is -0.813. The van der Waals surface area contributed by atoms with Crippen LogP contribution in [0.4, 0.5) is 0 Å². The average Bonchev–Trinajstić information content (AvgIpc) is 3.48. The quantitative estimate of drug-likeness (QED) is 0.0261. The van der Waals surface area contributed by atoms with Gasteiger partial charge in [-0.2, -0.15) is 0 Å². The van der Waals surface area contributed by atoms with Crippen molar-refractivity contribution in [1.82, 2.24) is 0 Å². The highest BCUT2D eigenvalue weighted by atomic mass is 16.6. The van der Waals surface area contributed by atoms with Crippen LogP contribution >= 0.6 is 0 Å². The van der Waals surface area contributed by atoms with Crippen molar-refractivity contribution >= 4 is 17.9 Å². The van der Waals surface area contributed by atoms with Crippen molar-refractivity contribution in [3.05, 3.63) is 60.8 Å². The van der Waals surface area contributed by atoms with E-state index in [0.717, 1.165) is 70.6 Å². The van der Waals surface area contributed by atoms with Crippen molar-refractivity contribution in [2.75, 3.05) is 13.2 Å². The third-order valence-corrected chi connectivity index (χ3v) is 16.3. The predicted molar refractivity (Wildman–Crippen MR) is 358 cm³/mol. The Morgan fingerprint density at radius 2 is 0.476 bits per heavy atom. The summed E-state index contributed by atoms with van der Waals surface area (Å²) in [5.74, 6) is -1.01. The maximum absolute atomic E-state index is 13.0. The lowest BCUT2D eigenvalue weighted by Crippen LogP contribution is -2.30. The molecule has 0 radical (unpaired) electrons. The van der Waals surface area contributed by atoms with Gasteiger partial charge in [-0.1, -0.05) is 383 Å². The Hall–Kier alpha value is -2.89. The molecule has 0 spiro atoms. The van der Waals surface area contributed by atoms with E-state index in [1.807, 2.05) is 12.2 Å². The second-order valence-electron chi connectivity index (χ2n) is 24.5. The van der Waals surface area contributed by atoms with Gasteiger partial charge < -0.3 is 14.2 Å². The zero-order valence-corrected chi connectivity index (χ0v) is 55.0. The van der Waals surface area contributed by atoms with Gasteiger partial charge in [0.05, 0.1) is 6.42 Å². The van der Waals surface area contributed by atoms with Gasteiger partial charge in [0.1, 0.15) is 13.2 Å². The molecule has 0 aliphatic carbocycles. The molecule has 0 fully saturated rings. The Kier molecular flexibility index (Phi) is 68.1. The highest BCUT2D eigenvalue weighted by Gasteiger charge is 2.19. The summed E-state index contributed by atoms with van der Waals surface area (Å²) >= 11 is 0. The molecule has 0 N–H and O–H groups in total. The molecule has 0 aromatic rings. The van der Waals surface area contributed by atoms with Crippen LogP contribution in [0.3, 0.4) is 0 Å². The fourth-order valence-corrected chi connectivity index (χ4v) is 10.9. The molecular weight excluding hydrogens is 1010 g/mol. The SMILES string of the molecule is CC/C=C\C/C=C\C/C=C\C/C=C\C/C=C\CC(=O)OCC(COC(=O)CCCCCCCCCCCCCCCCCCCCCCCCCCCCC)OC(=O)CCCCCCCCCCCCCCCCCCCCCCCC. The van der Waals surface area contributed by atoms with Crippen LogP contribution in [-0.4, -0.2) is 37.2 Å². The minimum Gasteiger partial charge on any atom is -0.462 e. The lowest BCUT2D eigenvalue weighted by Gasteiger charge is -2.18. The molecule has 0 aliphatic rings. The Balaban J connectivity index is 4.28. The number of ether oxygens (including phenoxy) is 3. The molecule has 6 nitrogen and oxygen atoms in total. The van der Waals surface area contributed by atoms with Crippen LogP contribution in [0.2, 0.25) is 0 Å². The molecule has 0 heterocycles. The first kappa shape index (κ1) is 79.1. The molecular formula is C76H138O6. The van der Waals surface area contributed by atoms with E-state index < -0.39 is 12.1 Å². The maximum atomic E-state index is 13.0. The van der Waals surface area contributed by atoms with Crippen LogP contribution in [0.5, 0.6) is 0 Å². The number of carbonyl (C=O) groups excluding carboxylic acids is 3. The number of esters is 3. The predicted octanol–water partition coefficient (Wildman–Crippen LogP) is 25.1. The van der Waals surface area contributed by atoms with Crippen LogP contribution in [-0.2, 0) is 28.6 Å². The van der Waals surface area contributed by atoms with Gasteiger partial charge >= 0.3 is 17.9 Å². The molecule has 6 heteroatoms. The summed E-state index contributed by atoms with van der Waals surface area (Å²) in [6.45, 7) is 6.52. The molecule has 0 rings (SSSR count). The summed E-state index contributed by atoms with van der Waals surface area (Å²) in [7, 11) is 0. The molecule has 0 saturated carbocycles. The third-order valence-electron chi connectivity index (χ3n) is 16.3. The van der Waals surface area contributed by atoms with E-state index >= 15 is 0 Å². The number of allylic oxidation sites excluding steroid dienone is 9. The first-order valence-corrected chi connectivity index (χ1v) is 36.3. The standard InChI is InChI=1S/C76H138O6/c1-4-7-10-13-16-19-22-25-28-30-32-34-36-37-38-39-40-42-43-45-48-51-54-57-60-63-66-69-75(78)81-72-73(71-80-74(77)68-65-62-59-56-53-50-47-27-24-21-18-15-12-9-6-3)82-76(79)70-67-64-61-58-55-52-49-46-44-41-35-33-31-29-26-23-20-17-14-11-8-5-2/h9,12,18,21,27,47,53,56,62,65,73H,4-8,10-11,13-17,19-20,22-26,28-46,48-52,54-55,57-61,63-64,66-72H2,1-3H3/b12-9-,21-18-,47-27-,56-53-,65-62-. The van der Waals surface area contributed by atoms with Gasteiger partial charge in [0.15, 0.2) is 6.10 Å². The van der Waals surface area contributed by atoms with E-state index in [-0.39, 0.29) is 31.6 Å². The van der Waals surface area contributed by atoms with Gasteiger partial charge in [-0.25, -0.2) is 0 Å². The average molecular weight is 1150 g/mol. The van der Waals surface area contributed by atoms with E-state index in [4.69, 9.17) is 14.2 Å². The lowest BCUT2D eigenvalue weighted by molar-refractivity contribution is -0.166. The largest absolute Gasteiger partial charge is 0.462 e. The molecule has 0 aromatic carbocycles. The molecule has 0 saturated heterocycles. The highest BCUT2D eigenvalue weighted by molar-refractivity contribution is 5.72. The zero-order chi connectivity index (χ0) is 59.2. The van der Waals surface area contributed by atoms with Crippen LogP contribution < -0.4 is 0 Å². The van der Waals surface area contributed by atoms with Crippen molar-refractivity contribution in [3.63, 3.8) is 0 Å². The second-order valence-corrected chi connectivity index (χ2v) is 24.5. The molecule has 1 atom stereocenters. The Labute approximate surface area is 510 Å². The van der Waals surface area contributed by atoms with Gasteiger partial charge in [0.2, 0.25) is 0 Å². The number of hydrogen-bond donors (Lipinski definition) is 0. The normalized spacial score (nSPS) is 12.4. The summed E-state index contributed by atoms with van der Waals surface area (Å²) in [6.07, 6.45) is 91.5. The molecule has 82 heavy (non-hydrogen) atoms. The minimum absolute atomic E-state index is 0.0988. The van der Waals surface area contributed by atoms with E-state index in [0.29, 0.717) is 12.8 Å². The van der Waals surface area contributed by atoms with Crippen LogP contribution in [0.25, 0.3) is 0 Å². The highest BCUT2D eigenvalue weighted by Crippen LogP contribution is 2.19. The molecule has 1 unspecified atom stereocenters. The van der Waals surface area contributed by atoms with Gasteiger partial charge in [-0.3, -0.25) is 14.4 Å². The van der Waals surface area contributed by atoms with Crippen molar-refractivity contribution in [3.8, 4) is 0 Å². The zero-order valence-electron chi connectivity index (χ0n) is 55.0. The number of carbonyl (C=O) groups is 3. The third kappa shape index (κ3) is 67.9. The number of rotatable bonds is 67. The summed E-state index contributed by atoms with van der Waals surface area (Å²) in [5, 5.41) is 0. The number of hydrogen-bond acceptors (Lipinski definition) is 6. The van der Waals surface area contributed by atoms with Crippen molar-refractivity contribution in [2.24, 2.45) is 0 Å². The van der Waals surface area contributed by atoms with E-state index in [2.05, 4.69) is 69.4 Å². The van der Waals surface area contributed by atoms with Crippen molar-refractivity contribution in [1.29, 1.82) is 0 Å². The fraction of sp³-hybridized carbons (Fsp3) is 0.829. The van der Waals surface area contributed by atoms with Gasteiger partial charge in [-0.05, 0) is 44.9 Å². The maximum Gasteiger partial charge on any atom is 0.309 e. The lowest BCUT2D eigenvalue weighted by atomic mass is 10.0. The van der Waals surface area contributed by atoms with E-state index in [1.165, 1.54) is 276 Å². The summed E-state index contributed by atoms with van der Waals surface area (Å²) in [4.78, 5) is 38.4. The van der Waals surface area contributed by atoms with Gasteiger partial charge in [0, 0.05) is 12.8 Å². The molecule has 0 aliphatic heterocycles. The van der Waals surface area contributed by atoms with Gasteiger partial charge in [-0.15, -0.1) is 0 Å². The topological polar surface area (TPSA) is 78.9 Å². The number of unbranched alkanes of at least 4 members (excludes halogenated alkanes) is 47. The van der Waals surface area contributed by atoms with Crippen LogP contribution in [0.1, 0.15) is 387 Å². The van der Waals surface area contributed by atoms with Crippen LogP contribution in [0.15, 0.2) is 60.8 Å². The fourth-order valence-electron chi connectivity index (χ4n) is 10.9. The van der Waals surface area contributed by atoms with E-state index in [1.54, 1.807) is 0 Å². The second kappa shape index (κ2) is 70.6. The first-order chi connectivity index (χ1) is 40.5. The Morgan fingerprint density at radius 3 is 0.744 bits per heavy atom.